The maximum absolute atomic E-state index is 12.7. The second-order valence-corrected chi connectivity index (χ2v) is 7.87. The number of amides is 1. The topological polar surface area (TPSA) is 63.5 Å². The number of aromatic nitrogens is 3. The van der Waals surface area contributed by atoms with Gasteiger partial charge in [0, 0.05) is 20.1 Å². The molecular formula is C22H27N5O2. The lowest BCUT2D eigenvalue weighted by Crippen LogP contribution is -2.58. The summed E-state index contributed by atoms with van der Waals surface area (Å²) < 4.78 is 7.17. The van der Waals surface area contributed by atoms with E-state index in [-0.39, 0.29) is 17.9 Å². The standard InChI is InChI=1S/C22H27N5O2/c1-15(2)21-22(28)25(3)11-12-26(21)20-10-9-19-18(24-20)13-23-27(19)14-16-5-7-17(29-4)8-6-16/h5-10,13,15,21H,11-12,14H2,1-4H3. The molecule has 1 unspecified atom stereocenters. The molecule has 3 aromatic rings. The number of piperazine rings is 1. The van der Waals surface area contributed by atoms with Crippen molar-refractivity contribution in [3.63, 3.8) is 0 Å². The van der Waals surface area contributed by atoms with E-state index in [9.17, 15) is 4.79 Å². The molecule has 1 fully saturated rings. The second-order valence-electron chi connectivity index (χ2n) is 7.87. The lowest BCUT2D eigenvalue weighted by Gasteiger charge is -2.41. The van der Waals surface area contributed by atoms with E-state index >= 15 is 0 Å². The van der Waals surface area contributed by atoms with Crippen molar-refractivity contribution in [2.75, 3.05) is 32.1 Å². The summed E-state index contributed by atoms with van der Waals surface area (Å²) >= 11 is 0. The fraction of sp³-hybridized carbons (Fsp3) is 0.409. The van der Waals surface area contributed by atoms with E-state index in [1.54, 1.807) is 13.3 Å². The van der Waals surface area contributed by atoms with Crippen LogP contribution < -0.4 is 9.64 Å². The molecule has 0 radical (unpaired) electrons. The number of methoxy groups -OCH3 is 1. The summed E-state index contributed by atoms with van der Waals surface area (Å²) in [5.74, 6) is 2.04. The Balaban J connectivity index is 1.61. The Kier molecular flexibility index (Phi) is 5.13. The van der Waals surface area contributed by atoms with Gasteiger partial charge in [-0.15, -0.1) is 0 Å². The average Bonchev–Trinajstić information content (AvgIpc) is 3.12. The Hall–Kier alpha value is -3.09. The van der Waals surface area contributed by atoms with Crippen LogP contribution in [0, 0.1) is 5.92 Å². The third kappa shape index (κ3) is 3.64. The van der Waals surface area contributed by atoms with E-state index in [1.807, 2.05) is 53.0 Å². The molecular weight excluding hydrogens is 366 g/mol. The van der Waals surface area contributed by atoms with Crippen LogP contribution in [0.3, 0.4) is 0 Å². The van der Waals surface area contributed by atoms with E-state index in [2.05, 4.69) is 23.8 Å². The minimum absolute atomic E-state index is 0.156. The van der Waals surface area contributed by atoms with Gasteiger partial charge >= 0.3 is 0 Å². The lowest BCUT2D eigenvalue weighted by molar-refractivity contribution is -0.133. The minimum Gasteiger partial charge on any atom is -0.497 e. The number of hydrogen-bond acceptors (Lipinski definition) is 5. The van der Waals surface area contributed by atoms with Gasteiger partial charge < -0.3 is 14.5 Å². The van der Waals surface area contributed by atoms with Crippen LogP contribution in [0.2, 0.25) is 0 Å². The zero-order chi connectivity index (χ0) is 20.5. The van der Waals surface area contributed by atoms with Gasteiger partial charge in [0.15, 0.2) is 0 Å². The molecule has 0 N–H and O–H groups in total. The van der Waals surface area contributed by atoms with Crippen LogP contribution in [0.5, 0.6) is 5.75 Å². The van der Waals surface area contributed by atoms with Gasteiger partial charge in [-0.1, -0.05) is 26.0 Å². The van der Waals surface area contributed by atoms with E-state index < -0.39 is 0 Å². The van der Waals surface area contributed by atoms with Gasteiger partial charge in [0.1, 0.15) is 23.1 Å². The molecule has 2 aromatic heterocycles. The van der Waals surface area contributed by atoms with Gasteiger partial charge in [-0.2, -0.15) is 5.10 Å². The fourth-order valence-corrected chi connectivity index (χ4v) is 3.91. The second kappa shape index (κ2) is 7.73. The first-order valence-corrected chi connectivity index (χ1v) is 9.95. The largest absolute Gasteiger partial charge is 0.497 e. The highest BCUT2D eigenvalue weighted by Crippen LogP contribution is 2.26. The lowest BCUT2D eigenvalue weighted by atomic mass is 9.99. The monoisotopic (exact) mass is 393 g/mol. The third-order valence-electron chi connectivity index (χ3n) is 5.54. The molecule has 1 aliphatic rings. The first-order chi connectivity index (χ1) is 14.0. The number of anilines is 1. The van der Waals surface area contributed by atoms with Crippen LogP contribution in [0.1, 0.15) is 19.4 Å². The molecule has 152 valence electrons. The molecule has 29 heavy (non-hydrogen) atoms. The van der Waals surface area contributed by atoms with Crippen molar-refractivity contribution in [1.82, 2.24) is 19.7 Å². The van der Waals surface area contributed by atoms with Crippen molar-refractivity contribution in [3.8, 4) is 5.75 Å². The first kappa shape index (κ1) is 19.2. The summed E-state index contributed by atoms with van der Waals surface area (Å²) in [4.78, 5) is 21.5. The molecule has 0 spiro atoms. The first-order valence-electron chi connectivity index (χ1n) is 9.95. The van der Waals surface area contributed by atoms with Crippen LogP contribution in [-0.4, -0.2) is 58.9 Å². The van der Waals surface area contributed by atoms with Crippen LogP contribution >= 0.6 is 0 Å². The number of benzene rings is 1. The summed E-state index contributed by atoms with van der Waals surface area (Å²) in [6.07, 6.45) is 1.80. The maximum atomic E-state index is 12.7. The summed E-state index contributed by atoms with van der Waals surface area (Å²) in [5.41, 5.74) is 2.96. The fourth-order valence-electron chi connectivity index (χ4n) is 3.91. The molecule has 7 nitrogen and oxygen atoms in total. The van der Waals surface area contributed by atoms with E-state index in [0.29, 0.717) is 13.1 Å². The summed E-state index contributed by atoms with van der Waals surface area (Å²) in [7, 11) is 3.53. The number of carbonyl (C=O) groups is 1. The van der Waals surface area contributed by atoms with Crippen molar-refractivity contribution in [3.05, 3.63) is 48.2 Å². The summed E-state index contributed by atoms with van der Waals surface area (Å²) in [5, 5.41) is 4.53. The normalized spacial score (nSPS) is 17.4. The number of fused-ring (bicyclic) bond motifs is 1. The Bertz CT molecular complexity index is 1010. The van der Waals surface area contributed by atoms with Crippen molar-refractivity contribution >= 4 is 22.8 Å². The minimum atomic E-state index is -0.187. The van der Waals surface area contributed by atoms with Crippen molar-refractivity contribution in [2.45, 2.75) is 26.4 Å². The molecule has 3 heterocycles. The maximum Gasteiger partial charge on any atom is 0.245 e. The zero-order valence-electron chi connectivity index (χ0n) is 17.4. The van der Waals surface area contributed by atoms with Crippen molar-refractivity contribution < 1.29 is 9.53 Å². The van der Waals surface area contributed by atoms with Gasteiger partial charge in [-0.3, -0.25) is 9.48 Å². The average molecular weight is 393 g/mol. The molecule has 0 bridgehead atoms. The van der Waals surface area contributed by atoms with Gasteiger partial charge in [-0.05, 0) is 35.7 Å². The number of carbonyl (C=O) groups excluding carboxylic acids is 1. The Morgan fingerprint density at radius 2 is 1.90 bits per heavy atom. The molecule has 1 saturated heterocycles. The third-order valence-corrected chi connectivity index (χ3v) is 5.54. The Morgan fingerprint density at radius 3 is 2.59 bits per heavy atom. The van der Waals surface area contributed by atoms with Gasteiger partial charge in [0.2, 0.25) is 5.91 Å². The van der Waals surface area contributed by atoms with E-state index in [1.165, 1.54) is 0 Å². The van der Waals surface area contributed by atoms with Gasteiger partial charge in [0.05, 0.1) is 25.4 Å². The number of rotatable bonds is 5. The van der Waals surface area contributed by atoms with Crippen LogP contribution in [-0.2, 0) is 11.3 Å². The molecule has 1 aliphatic heterocycles. The van der Waals surface area contributed by atoms with Crippen LogP contribution in [0.15, 0.2) is 42.6 Å². The molecule has 4 rings (SSSR count). The smallest absolute Gasteiger partial charge is 0.245 e. The van der Waals surface area contributed by atoms with Crippen molar-refractivity contribution in [2.24, 2.45) is 5.92 Å². The SMILES string of the molecule is COc1ccc(Cn2ncc3nc(N4CCN(C)C(=O)C4C(C)C)ccc32)cc1. The Morgan fingerprint density at radius 1 is 1.14 bits per heavy atom. The molecule has 0 aliphatic carbocycles. The molecule has 0 saturated carbocycles. The molecule has 1 aromatic carbocycles. The van der Waals surface area contributed by atoms with Crippen molar-refractivity contribution in [1.29, 1.82) is 0 Å². The number of pyridine rings is 1. The highest BCUT2D eigenvalue weighted by Gasteiger charge is 2.36. The van der Waals surface area contributed by atoms with Crippen LogP contribution in [0.25, 0.3) is 11.0 Å². The molecule has 1 amide bonds. The number of likely N-dealkylation sites (N-methyl/N-ethyl adjacent to an activating group) is 1. The summed E-state index contributed by atoms with van der Waals surface area (Å²) in [6, 6.07) is 11.8. The van der Waals surface area contributed by atoms with E-state index in [0.717, 1.165) is 34.7 Å². The molecule has 1 atom stereocenters. The highest BCUT2D eigenvalue weighted by molar-refractivity contribution is 5.87. The predicted molar refractivity (Wildman–Crippen MR) is 113 cm³/mol. The van der Waals surface area contributed by atoms with Gasteiger partial charge in [-0.25, -0.2) is 4.98 Å². The quantitative estimate of drug-likeness (QED) is 0.667. The predicted octanol–water partition coefficient (Wildman–Crippen LogP) is 2.79. The molecule has 7 heteroatoms. The number of hydrogen-bond donors (Lipinski definition) is 0. The Labute approximate surface area is 170 Å². The summed E-state index contributed by atoms with van der Waals surface area (Å²) in [6.45, 7) is 6.32. The zero-order valence-corrected chi connectivity index (χ0v) is 17.4. The highest BCUT2D eigenvalue weighted by atomic mass is 16.5. The number of nitrogens with zero attached hydrogens (tertiary/aromatic N) is 5. The van der Waals surface area contributed by atoms with E-state index in [4.69, 9.17) is 9.72 Å². The van der Waals surface area contributed by atoms with Crippen LogP contribution in [0.4, 0.5) is 5.82 Å². The number of ether oxygens (including phenoxy) is 1. The van der Waals surface area contributed by atoms with Gasteiger partial charge in [0.25, 0.3) is 0 Å².